The van der Waals surface area contributed by atoms with E-state index in [9.17, 15) is 4.79 Å². The molecule has 0 bridgehead atoms. The molecule has 0 unspecified atom stereocenters. The maximum Gasteiger partial charge on any atom is 0.276 e. The minimum atomic E-state index is -0.144. The minimum Gasteiger partial charge on any atom is -0.372 e. The Morgan fingerprint density at radius 2 is 2.15 bits per heavy atom. The number of ether oxygens (including phenoxy) is 1. The van der Waals surface area contributed by atoms with Crippen LogP contribution >= 0.6 is 11.3 Å². The van der Waals surface area contributed by atoms with Gasteiger partial charge >= 0.3 is 0 Å². The molecule has 2 saturated heterocycles. The number of hydrogen-bond acceptors (Lipinski definition) is 7. The summed E-state index contributed by atoms with van der Waals surface area (Å²) in [4.78, 5) is 21.5. The first-order valence-electron chi connectivity index (χ1n) is 9.71. The highest BCUT2D eigenvalue weighted by Crippen LogP contribution is 2.40. The molecule has 27 heavy (non-hydrogen) atoms. The molecule has 8 heteroatoms. The fourth-order valence-corrected chi connectivity index (χ4v) is 4.77. The molecule has 0 radical (unpaired) electrons. The normalized spacial score (nSPS) is 23.0. The van der Waals surface area contributed by atoms with Crippen molar-refractivity contribution in [1.29, 1.82) is 0 Å². The van der Waals surface area contributed by atoms with Crippen molar-refractivity contribution in [2.24, 2.45) is 0 Å². The Balaban J connectivity index is 1.19. The largest absolute Gasteiger partial charge is 0.372 e. The number of likely N-dealkylation sites (tertiary alicyclic amines) is 1. The van der Waals surface area contributed by atoms with Crippen LogP contribution in [0.3, 0.4) is 0 Å². The number of amides is 1. The Hall–Kier alpha value is -1.77. The van der Waals surface area contributed by atoms with Crippen LogP contribution in [0.25, 0.3) is 0 Å². The molecule has 3 aliphatic rings. The van der Waals surface area contributed by atoms with Gasteiger partial charge < -0.3 is 14.2 Å². The number of piperidine rings is 1. The predicted octanol–water partition coefficient (Wildman–Crippen LogP) is 2.52. The molecule has 2 aromatic heterocycles. The average Bonchev–Trinajstić information content (AvgIpc) is 3.19. The van der Waals surface area contributed by atoms with Crippen LogP contribution in [0, 0.1) is 0 Å². The molecular weight excluding hydrogens is 364 g/mol. The molecule has 2 aliphatic heterocycles. The summed E-state index contributed by atoms with van der Waals surface area (Å²) in [5, 5.41) is 7.17. The lowest BCUT2D eigenvalue weighted by Gasteiger charge is -2.47. The van der Waals surface area contributed by atoms with Gasteiger partial charge in [0, 0.05) is 49.7 Å². The van der Waals surface area contributed by atoms with Crippen LogP contribution < -0.4 is 0 Å². The average molecular weight is 388 g/mol. The third kappa shape index (κ3) is 3.66. The second-order valence-electron chi connectivity index (χ2n) is 7.85. The summed E-state index contributed by atoms with van der Waals surface area (Å²) >= 11 is 1.70. The van der Waals surface area contributed by atoms with Crippen LogP contribution in [0.1, 0.15) is 52.9 Å². The van der Waals surface area contributed by atoms with E-state index in [-0.39, 0.29) is 11.5 Å². The lowest BCUT2D eigenvalue weighted by Crippen LogP contribution is -2.57. The lowest BCUT2D eigenvalue weighted by molar-refractivity contribution is -0.134. The Kier molecular flexibility index (Phi) is 4.49. The van der Waals surface area contributed by atoms with Crippen molar-refractivity contribution in [1.82, 2.24) is 19.9 Å². The third-order valence-corrected chi connectivity index (χ3v) is 6.62. The minimum absolute atomic E-state index is 0.0176. The highest BCUT2D eigenvalue weighted by Gasteiger charge is 2.41. The number of hydrogen-bond donors (Lipinski definition) is 0. The van der Waals surface area contributed by atoms with E-state index in [0.717, 1.165) is 62.7 Å². The van der Waals surface area contributed by atoms with Gasteiger partial charge in [-0.1, -0.05) is 5.16 Å². The molecule has 0 atom stereocenters. The standard InChI is InChI=1S/C19H24N4O3S/c24-18(15-11-16(26-21-15)14-1-2-14)23-6-3-19(4-7-23)13-22(8-9-25-19)12-17-20-5-10-27-17/h5,10-11,14H,1-4,6-9,12-13H2. The van der Waals surface area contributed by atoms with Crippen molar-refractivity contribution >= 4 is 17.2 Å². The van der Waals surface area contributed by atoms with E-state index in [0.29, 0.717) is 24.7 Å². The van der Waals surface area contributed by atoms with Gasteiger partial charge in [0.2, 0.25) is 0 Å². The van der Waals surface area contributed by atoms with Crippen LogP contribution in [0.4, 0.5) is 0 Å². The summed E-state index contributed by atoms with van der Waals surface area (Å²) in [6.45, 7) is 4.88. The molecule has 1 amide bonds. The van der Waals surface area contributed by atoms with Gasteiger partial charge in [-0.15, -0.1) is 11.3 Å². The van der Waals surface area contributed by atoms with Gasteiger partial charge in [-0.05, 0) is 25.7 Å². The van der Waals surface area contributed by atoms with Crippen molar-refractivity contribution in [2.45, 2.75) is 43.7 Å². The van der Waals surface area contributed by atoms with E-state index in [1.54, 1.807) is 11.3 Å². The second-order valence-corrected chi connectivity index (χ2v) is 8.83. The highest BCUT2D eigenvalue weighted by molar-refractivity contribution is 7.09. The number of aromatic nitrogens is 2. The first-order valence-corrected chi connectivity index (χ1v) is 10.6. The van der Waals surface area contributed by atoms with Crippen molar-refractivity contribution < 1.29 is 14.1 Å². The fraction of sp³-hybridized carbons (Fsp3) is 0.632. The monoisotopic (exact) mass is 388 g/mol. The van der Waals surface area contributed by atoms with E-state index in [4.69, 9.17) is 9.26 Å². The van der Waals surface area contributed by atoms with Crippen molar-refractivity contribution in [3.63, 3.8) is 0 Å². The van der Waals surface area contributed by atoms with Crippen LogP contribution in [0.2, 0.25) is 0 Å². The molecule has 2 aromatic rings. The zero-order valence-electron chi connectivity index (χ0n) is 15.3. The summed E-state index contributed by atoms with van der Waals surface area (Å²) in [6, 6.07) is 1.83. The van der Waals surface area contributed by atoms with E-state index >= 15 is 0 Å². The Morgan fingerprint density at radius 3 is 2.89 bits per heavy atom. The highest BCUT2D eigenvalue weighted by atomic mass is 32.1. The number of carbonyl (C=O) groups is 1. The van der Waals surface area contributed by atoms with Gasteiger partial charge in [-0.3, -0.25) is 9.69 Å². The molecule has 3 fully saturated rings. The maximum atomic E-state index is 12.7. The molecule has 1 aliphatic carbocycles. The predicted molar refractivity (Wildman–Crippen MR) is 99.7 cm³/mol. The van der Waals surface area contributed by atoms with Gasteiger partial charge in [0.15, 0.2) is 5.69 Å². The lowest BCUT2D eigenvalue weighted by atomic mass is 9.89. The maximum absolute atomic E-state index is 12.7. The topological polar surface area (TPSA) is 71.7 Å². The van der Waals surface area contributed by atoms with E-state index in [1.807, 2.05) is 22.5 Å². The van der Waals surface area contributed by atoms with Crippen LogP contribution in [-0.2, 0) is 11.3 Å². The van der Waals surface area contributed by atoms with Crippen LogP contribution in [-0.4, -0.2) is 64.2 Å². The van der Waals surface area contributed by atoms with Gasteiger partial charge in [0.25, 0.3) is 5.91 Å². The number of thiazole rings is 1. The Bertz CT molecular complexity index is 794. The zero-order chi connectivity index (χ0) is 18.3. The van der Waals surface area contributed by atoms with Crippen LogP contribution in [0.15, 0.2) is 22.2 Å². The van der Waals surface area contributed by atoms with Gasteiger partial charge in [-0.25, -0.2) is 4.98 Å². The smallest absolute Gasteiger partial charge is 0.276 e. The zero-order valence-corrected chi connectivity index (χ0v) is 16.1. The van der Waals surface area contributed by atoms with E-state index in [2.05, 4.69) is 15.0 Å². The quantitative estimate of drug-likeness (QED) is 0.801. The number of rotatable bonds is 4. The summed E-state index contributed by atoms with van der Waals surface area (Å²) < 4.78 is 11.5. The van der Waals surface area contributed by atoms with Gasteiger partial charge in [-0.2, -0.15) is 0 Å². The van der Waals surface area contributed by atoms with Crippen molar-refractivity contribution in [3.8, 4) is 0 Å². The molecule has 144 valence electrons. The number of morpholine rings is 1. The molecule has 0 N–H and O–H groups in total. The summed E-state index contributed by atoms with van der Waals surface area (Å²) in [7, 11) is 0. The Labute approximate surface area is 162 Å². The molecule has 1 saturated carbocycles. The van der Waals surface area contributed by atoms with E-state index in [1.165, 1.54) is 0 Å². The summed E-state index contributed by atoms with van der Waals surface area (Å²) in [5.74, 6) is 1.32. The molecule has 5 rings (SSSR count). The first-order chi connectivity index (χ1) is 13.2. The molecule has 4 heterocycles. The molecular formula is C19H24N4O3S. The van der Waals surface area contributed by atoms with Crippen molar-refractivity contribution in [3.05, 3.63) is 34.1 Å². The van der Waals surface area contributed by atoms with Crippen molar-refractivity contribution in [2.75, 3.05) is 32.8 Å². The number of nitrogens with zero attached hydrogens (tertiary/aromatic N) is 4. The first kappa shape index (κ1) is 17.3. The molecule has 1 spiro atoms. The van der Waals surface area contributed by atoms with Crippen LogP contribution in [0.5, 0.6) is 0 Å². The summed E-state index contributed by atoms with van der Waals surface area (Å²) in [6.07, 6.45) is 5.87. The molecule has 7 nitrogen and oxygen atoms in total. The SMILES string of the molecule is O=C(c1cc(C2CC2)on1)N1CCC2(CC1)CN(Cc1nccs1)CCO2. The Morgan fingerprint density at radius 1 is 1.30 bits per heavy atom. The third-order valence-electron chi connectivity index (χ3n) is 5.86. The van der Waals surface area contributed by atoms with E-state index < -0.39 is 0 Å². The number of carbonyl (C=O) groups excluding carboxylic acids is 1. The summed E-state index contributed by atoms with van der Waals surface area (Å²) in [5.41, 5.74) is 0.303. The molecule has 0 aromatic carbocycles. The van der Waals surface area contributed by atoms with Gasteiger partial charge in [0.1, 0.15) is 10.8 Å². The second kappa shape index (κ2) is 7.00. The fourth-order valence-electron chi connectivity index (χ4n) is 4.11. The van der Waals surface area contributed by atoms with Gasteiger partial charge in [0.05, 0.1) is 18.8 Å².